The van der Waals surface area contributed by atoms with Crippen molar-refractivity contribution in [3.05, 3.63) is 21.6 Å². The van der Waals surface area contributed by atoms with E-state index in [9.17, 15) is 14.9 Å². The lowest BCUT2D eigenvalue weighted by Gasteiger charge is -2.28. The van der Waals surface area contributed by atoms with Crippen molar-refractivity contribution in [2.75, 3.05) is 12.1 Å². The Morgan fingerprint density at radius 2 is 2.24 bits per heavy atom. The van der Waals surface area contributed by atoms with Gasteiger partial charge in [-0.1, -0.05) is 12.8 Å². The summed E-state index contributed by atoms with van der Waals surface area (Å²) in [6.45, 7) is 0. The van der Waals surface area contributed by atoms with E-state index in [-0.39, 0.29) is 22.8 Å². The molecule has 1 saturated carbocycles. The summed E-state index contributed by atoms with van der Waals surface area (Å²) in [5, 5.41) is 12.3. The standard InChI is InChI=1S/C11H14ClN5O4/c1-21-11(18)15-16(7-4-2-3-5-7)9-8(17(19)20)6-13-10(12)14-9/h6-7H,2-5H2,1H3,(H,15,18). The lowest BCUT2D eigenvalue weighted by Crippen LogP contribution is -2.48. The first-order valence-corrected chi connectivity index (χ1v) is 6.71. The molecule has 1 aromatic rings. The van der Waals surface area contributed by atoms with Crippen LogP contribution >= 0.6 is 11.6 Å². The first-order chi connectivity index (χ1) is 10.0. The molecule has 0 saturated heterocycles. The molecule has 2 rings (SSSR count). The number of nitrogens with zero attached hydrogens (tertiary/aromatic N) is 4. The van der Waals surface area contributed by atoms with Gasteiger partial charge in [0.15, 0.2) is 0 Å². The normalized spacial score (nSPS) is 14.8. The molecule has 0 bridgehead atoms. The summed E-state index contributed by atoms with van der Waals surface area (Å²) in [5.41, 5.74) is 2.14. The summed E-state index contributed by atoms with van der Waals surface area (Å²) in [7, 11) is 1.21. The molecular formula is C11H14ClN5O4. The van der Waals surface area contributed by atoms with Crippen LogP contribution in [0.5, 0.6) is 0 Å². The number of hydrogen-bond donors (Lipinski definition) is 1. The number of amides is 1. The van der Waals surface area contributed by atoms with Crippen molar-refractivity contribution in [3.63, 3.8) is 0 Å². The van der Waals surface area contributed by atoms with Crippen LogP contribution in [0.3, 0.4) is 0 Å². The molecule has 0 aromatic carbocycles. The van der Waals surface area contributed by atoms with Crippen LogP contribution in [-0.4, -0.2) is 34.1 Å². The van der Waals surface area contributed by atoms with E-state index in [1.165, 1.54) is 12.1 Å². The molecular weight excluding hydrogens is 302 g/mol. The van der Waals surface area contributed by atoms with Gasteiger partial charge in [0.1, 0.15) is 6.20 Å². The maximum atomic E-state index is 11.5. The Bertz CT molecular complexity index is 549. The van der Waals surface area contributed by atoms with E-state index >= 15 is 0 Å². The van der Waals surface area contributed by atoms with Gasteiger partial charge in [-0.05, 0) is 24.4 Å². The van der Waals surface area contributed by atoms with Crippen molar-refractivity contribution < 1.29 is 14.5 Å². The van der Waals surface area contributed by atoms with E-state index in [2.05, 4.69) is 20.1 Å². The monoisotopic (exact) mass is 315 g/mol. The first kappa shape index (κ1) is 15.2. The zero-order valence-corrected chi connectivity index (χ0v) is 12.0. The Kier molecular flexibility index (Phi) is 4.73. The number of carbonyl (C=O) groups excluding carboxylic acids is 1. The summed E-state index contributed by atoms with van der Waals surface area (Å²) in [5.74, 6) is -0.0442. The van der Waals surface area contributed by atoms with Crippen LogP contribution in [-0.2, 0) is 4.74 Å². The van der Waals surface area contributed by atoms with Crippen molar-refractivity contribution in [1.29, 1.82) is 0 Å². The van der Waals surface area contributed by atoms with E-state index in [0.29, 0.717) is 0 Å². The minimum Gasteiger partial charge on any atom is -0.452 e. The van der Waals surface area contributed by atoms with Crippen LogP contribution in [0.4, 0.5) is 16.3 Å². The van der Waals surface area contributed by atoms with Crippen LogP contribution < -0.4 is 10.4 Å². The minimum absolute atomic E-state index is 0.0442. The Balaban J connectivity index is 2.41. The van der Waals surface area contributed by atoms with E-state index in [4.69, 9.17) is 11.6 Å². The third-order valence-electron chi connectivity index (χ3n) is 3.23. The van der Waals surface area contributed by atoms with Crippen molar-refractivity contribution in [2.24, 2.45) is 0 Å². The molecule has 0 unspecified atom stereocenters. The van der Waals surface area contributed by atoms with Crippen LogP contribution in [0.15, 0.2) is 6.20 Å². The van der Waals surface area contributed by atoms with Crippen LogP contribution in [0, 0.1) is 10.1 Å². The molecule has 1 aliphatic rings. The van der Waals surface area contributed by atoms with Crippen LogP contribution in [0.25, 0.3) is 0 Å². The van der Waals surface area contributed by atoms with Gasteiger partial charge in [-0.15, -0.1) is 0 Å². The molecule has 1 aromatic heterocycles. The van der Waals surface area contributed by atoms with E-state index < -0.39 is 11.0 Å². The third-order valence-corrected chi connectivity index (χ3v) is 3.41. The van der Waals surface area contributed by atoms with E-state index in [1.54, 1.807) is 0 Å². The second-order valence-corrected chi connectivity index (χ2v) is 4.85. The fraction of sp³-hybridized carbons (Fsp3) is 0.545. The van der Waals surface area contributed by atoms with Gasteiger partial charge >= 0.3 is 11.8 Å². The Hall–Kier alpha value is -2.16. The summed E-state index contributed by atoms with van der Waals surface area (Å²) < 4.78 is 4.55. The molecule has 0 spiro atoms. The summed E-state index contributed by atoms with van der Waals surface area (Å²) in [4.78, 5) is 29.5. The van der Waals surface area contributed by atoms with Gasteiger partial charge < -0.3 is 4.74 Å². The number of carbonyl (C=O) groups is 1. The highest BCUT2D eigenvalue weighted by atomic mass is 35.5. The number of hydrogen-bond acceptors (Lipinski definition) is 7. The van der Waals surface area contributed by atoms with Crippen molar-refractivity contribution in [2.45, 2.75) is 31.7 Å². The predicted molar refractivity (Wildman–Crippen MR) is 74.0 cm³/mol. The number of rotatable bonds is 4. The quantitative estimate of drug-likeness (QED) is 0.514. The fourth-order valence-corrected chi connectivity index (χ4v) is 2.40. The molecule has 1 amide bonds. The Morgan fingerprint density at radius 1 is 1.57 bits per heavy atom. The third kappa shape index (κ3) is 3.48. The molecule has 0 atom stereocenters. The number of anilines is 1. The molecule has 10 heteroatoms. The van der Waals surface area contributed by atoms with E-state index in [0.717, 1.165) is 31.9 Å². The molecule has 9 nitrogen and oxygen atoms in total. The molecule has 1 N–H and O–H groups in total. The predicted octanol–water partition coefficient (Wildman–Crippen LogP) is 2.06. The second kappa shape index (κ2) is 6.53. The number of halogens is 1. The van der Waals surface area contributed by atoms with E-state index in [1.807, 2.05) is 0 Å². The molecule has 1 heterocycles. The fourth-order valence-electron chi connectivity index (χ4n) is 2.28. The van der Waals surface area contributed by atoms with Gasteiger partial charge in [0.25, 0.3) is 0 Å². The number of ether oxygens (including phenoxy) is 1. The van der Waals surface area contributed by atoms with Crippen LogP contribution in [0.1, 0.15) is 25.7 Å². The lowest BCUT2D eigenvalue weighted by atomic mass is 10.2. The molecule has 0 aliphatic heterocycles. The number of aromatic nitrogens is 2. The topological polar surface area (TPSA) is 110 Å². The van der Waals surface area contributed by atoms with Gasteiger partial charge in [-0.3, -0.25) is 15.1 Å². The van der Waals surface area contributed by atoms with Gasteiger partial charge in [0, 0.05) is 0 Å². The number of nitro groups is 1. The van der Waals surface area contributed by atoms with Gasteiger partial charge in [0.05, 0.1) is 18.1 Å². The smallest absolute Gasteiger partial charge is 0.425 e. The Labute approximate surface area is 125 Å². The molecule has 21 heavy (non-hydrogen) atoms. The average Bonchev–Trinajstić information content (AvgIpc) is 2.97. The lowest BCUT2D eigenvalue weighted by molar-refractivity contribution is -0.384. The molecule has 1 fully saturated rings. The zero-order valence-electron chi connectivity index (χ0n) is 11.3. The average molecular weight is 316 g/mol. The molecule has 1 aliphatic carbocycles. The van der Waals surface area contributed by atoms with Crippen molar-refractivity contribution >= 4 is 29.2 Å². The number of methoxy groups -OCH3 is 1. The van der Waals surface area contributed by atoms with Crippen molar-refractivity contribution in [1.82, 2.24) is 15.4 Å². The second-order valence-electron chi connectivity index (χ2n) is 4.52. The minimum atomic E-state index is -0.731. The maximum Gasteiger partial charge on any atom is 0.425 e. The van der Waals surface area contributed by atoms with Gasteiger partial charge in [-0.2, -0.15) is 4.98 Å². The highest BCUT2D eigenvalue weighted by molar-refractivity contribution is 6.28. The first-order valence-electron chi connectivity index (χ1n) is 6.33. The highest BCUT2D eigenvalue weighted by Crippen LogP contribution is 2.31. The van der Waals surface area contributed by atoms with Crippen molar-refractivity contribution in [3.8, 4) is 0 Å². The summed E-state index contributed by atoms with van der Waals surface area (Å²) in [6.07, 6.45) is 3.79. The zero-order chi connectivity index (χ0) is 15.4. The maximum absolute atomic E-state index is 11.5. The number of nitrogens with one attached hydrogen (secondary N) is 1. The SMILES string of the molecule is COC(=O)NN(c1nc(Cl)ncc1[N+](=O)[O-])C1CCCC1. The van der Waals surface area contributed by atoms with Gasteiger partial charge in [-0.25, -0.2) is 15.2 Å². The summed E-state index contributed by atoms with van der Waals surface area (Å²) >= 11 is 5.73. The largest absolute Gasteiger partial charge is 0.452 e. The molecule has 114 valence electrons. The van der Waals surface area contributed by atoms with Crippen LogP contribution in [0.2, 0.25) is 5.28 Å². The van der Waals surface area contributed by atoms with Gasteiger partial charge in [0.2, 0.25) is 11.1 Å². The Morgan fingerprint density at radius 3 is 2.81 bits per heavy atom. The summed E-state index contributed by atoms with van der Waals surface area (Å²) in [6, 6.07) is -0.103. The molecule has 0 radical (unpaired) electrons. The number of hydrazine groups is 1. The highest BCUT2D eigenvalue weighted by Gasteiger charge is 2.31.